The Morgan fingerprint density at radius 3 is 3.00 bits per heavy atom. The molecule has 100 valence electrons. The summed E-state index contributed by atoms with van der Waals surface area (Å²) < 4.78 is 5.35. The zero-order valence-corrected chi connectivity index (χ0v) is 11.3. The first kappa shape index (κ1) is 15.0. The number of ether oxygens (including phenoxy) is 1. The van der Waals surface area contributed by atoms with E-state index in [0.29, 0.717) is 24.1 Å². The summed E-state index contributed by atoms with van der Waals surface area (Å²) in [4.78, 5) is 15.4. The van der Waals surface area contributed by atoms with Crippen molar-refractivity contribution in [3.63, 3.8) is 0 Å². The fraction of sp³-hybridized carbons (Fsp3) is 0.455. The van der Waals surface area contributed by atoms with Crippen molar-refractivity contribution in [2.45, 2.75) is 0 Å². The maximum Gasteiger partial charge on any atom is 0.232 e. The fourth-order valence-electron chi connectivity index (χ4n) is 1.42. The zero-order chi connectivity index (χ0) is 12.1. The minimum absolute atomic E-state index is 0. The number of aromatic nitrogens is 1. The molecule has 1 amide bonds. The Hall–Kier alpha value is -1.04. The lowest BCUT2D eigenvalue weighted by atomic mass is 10.0. The highest BCUT2D eigenvalue weighted by molar-refractivity contribution is 6.31. The first-order valence-corrected chi connectivity index (χ1v) is 5.87. The SMILES string of the molecule is Cl.O=C(NCCOc1ncccc1Cl)C1CNC1. The summed E-state index contributed by atoms with van der Waals surface area (Å²) in [6, 6.07) is 3.45. The van der Waals surface area contributed by atoms with Crippen LogP contribution in [0.1, 0.15) is 0 Å². The maximum atomic E-state index is 11.5. The average molecular weight is 292 g/mol. The molecule has 1 saturated heterocycles. The Morgan fingerprint density at radius 1 is 1.61 bits per heavy atom. The molecular formula is C11H15Cl2N3O2. The molecule has 0 saturated carbocycles. The number of amides is 1. The van der Waals surface area contributed by atoms with Gasteiger partial charge < -0.3 is 15.4 Å². The lowest BCUT2D eigenvalue weighted by Gasteiger charge is -2.25. The van der Waals surface area contributed by atoms with Gasteiger partial charge in [-0.25, -0.2) is 4.98 Å². The number of carbonyl (C=O) groups excluding carboxylic acids is 1. The topological polar surface area (TPSA) is 63.2 Å². The van der Waals surface area contributed by atoms with Crippen molar-refractivity contribution in [2.75, 3.05) is 26.2 Å². The normalized spacial score (nSPS) is 14.3. The molecule has 18 heavy (non-hydrogen) atoms. The summed E-state index contributed by atoms with van der Waals surface area (Å²) in [6.45, 7) is 2.35. The number of hydrogen-bond donors (Lipinski definition) is 2. The number of rotatable bonds is 5. The third-order valence-corrected chi connectivity index (χ3v) is 2.80. The highest BCUT2D eigenvalue weighted by Gasteiger charge is 2.24. The van der Waals surface area contributed by atoms with Gasteiger partial charge >= 0.3 is 0 Å². The van der Waals surface area contributed by atoms with E-state index >= 15 is 0 Å². The van der Waals surface area contributed by atoms with E-state index < -0.39 is 0 Å². The Kier molecular flexibility index (Phi) is 6.18. The van der Waals surface area contributed by atoms with Gasteiger partial charge in [0.1, 0.15) is 11.6 Å². The third kappa shape index (κ3) is 4.01. The summed E-state index contributed by atoms with van der Waals surface area (Å²) in [7, 11) is 0. The molecule has 0 bridgehead atoms. The number of nitrogens with one attached hydrogen (secondary N) is 2. The molecule has 0 spiro atoms. The minimum atomic E-state index is 0. The van der Waals surface area contributed by atoms with Crippen LogP contribution >= 0.6 is 24.0 Å². The quantitative estimate of drug-likeness (QED) is 0.791. The Morgan fingerprint density at radius 2 is 2.39 bits per heavy atom. The second kappa shape index (κ2) is 7.41. The number of pyridine rings is 1. The van der Waals surface area contributed by atoms with Gasteiger partial charge in [0.05, 0.1) is 12.5 Å². The van der Waals surface area contributed by atoms with Crippen molar-refractivity contribution in [1.29, 1.82) is 0 Å². The van der Waals surface area contributed by atoms with Crippen molar-refractivity contribution in [1.82, 2.24) is 15.6 Å². The summed E-state index contributed by atoms with van der Waals surface area (Å²) in [5.74, 6) is 0.571. The second-order valence-electron chi connectivity index (χ2n) is 3.79. The van der Waals surface area contributed by atoms with Gasteiger partial charge in [0, 0.05) is 19.3 Å². The second-order valence-corrected chi connectivity index (χ2v) is 4.19. The van der Waals surface area contributed by atoms with Crippen molar-refractivity contribution in [3.8, 4) is 5.88 Å². The standard InChI is InChI=1S/C11H14ClN3O2.ClH/c12-9-2-1-3-15-11(9)17-5-4-14-10(16)8-6-13-7-8;/h1-3,8,13H,4-7H2,(H,14,16);1H. The first-order valence-electron chi connectivity index (χ1n) is 5.49. The van der Waals surface area contributed by atoms with Crippen LogP contribution in [0.3, 0.4) is 0 Å². The van der Waals surface area contributed by atoms with Gasteiger partial charge in [-0.3, -0.25) is 4.79 Å². The van der Waals surface area contributed by atoms with Crippen LogP contribution in [0.5, 0.6) is 5.88 Å². The highest BCUT2D eigenvalue weighted by Crippen LogP contribution is 2.19. The van der Waals surface area contributed by atoms with Gasteiger partial charge in [-0.05, 0) is 12.1 Å². The van der Waals surface area contributed by atoms with E-state index in [2.05, 4.69) is 15.6 Å². The number of nitrogens with zero attached hydrogens (tertiary/aromatic N) is 1. The van der Waals surface area contributed by atoms with Crippen molar-refractivity contribution in [3.05, 3.63) is 23.4 Å². The molecular weight excluding hydrogens is 277 g/mol. The van der Waals surface area contributed by atoms with Crippen LogP contribution in [0.15, 0.2) is 18.3 Å². The molecule has 7 heteroatoms. The molecule has 1 aliphatic heterocycles. The summed E-state index contributed by atoms with van der Waals surface area (Å²) in [5.41, 5.74) is 0. The van der Waals surface area contributed by atoms with Crippen molar-refractivity contribution >= 4 is 29.9 Å². The predicted molar refractivity (Wildman–Crippen MR) is 71.4 cm³/mol. The molecule has 0 unspecified atom stereocenters. The third-order valence-electron chi connectivity index (χ3n) is 2.52. The van der Waals surface area contributed by atoms with Gasteiger partial charge in [-0.15, -0.1) is 12.4 Å². The van der Waals surface area contributed by atoms with E-state index in [9.17, 15) is 4.79 Å². The largest absolute Gasteiger partial charge is 0.475 e. The van der Waals surface area contributed by atoms with Crippen LogP contribution < -0.4 is 15.4 Å². The van der Waals surface area contributed by atoms with Crippen LogP contribution in [-0.4, -0.2) is 37.1 Å². The lowest BCUT2D eigenvalue weighted by Crippen LogP contribution is -2.51. The van der Waals surface area contributed by atoms with E-state index in [-0.39, 0.29) is 24.2 Å². The van der Waals surface area contributed by atoms with Crippen LogP contribution in [-0.2, 0) is 4.79 Å². The molecule has 1 fully saturated rings. The van der Waals surface area contributed by atoms with Gasteiger partial charge in [0.15, 0.2) is 0 Å². The first-order chi connectivity index (χ1) is 8.27. The Balaban J connectivity index is 0.00000162. The average Bonchev–Trinajstić information content (AvgIpc) is 2.24. The minimum Gasteiger partial charge on any atom is -0.475 e. The molecule has 0 radical (unpaired) electrons. The fourth-order valence-corrected chi connectivity index (χ4v) is 1.59. The molecule has 1 aromatic rings. The molecule has 2 heterocycles. The molecule has 1 aromatic heterocycles. The number of halogens is 2. The molecule has 0 aromatic carbocycles. The van der Waals surface area contributed by atoms with E-state index in [1.807, 2.05) is 0 Å². The van der Waals surface area contributed by atoms with Crippen molar-refractivity contribution in [2.24, 2.45) is 5.92 Å². The van der Waals surface area contributed by atoms with E-state index in [1.165, 1.54) is 0 Å². The lowest BCUT2D eigenvalue weighted by molar-refractivity contribution is -0.126. The summed E-state index contributed by atoms with van der Waals surface area (Å²) in [6.07, 6.45) is 1.61. The van der Waals surface area contributed by atoms with Crippen molar-refractivity contribution < 1.29 is 9.53 Å². The number of hydrogen-bond acceptors (Lipinski definition) is 4. The van der Waals surface area contributed by atoms with Crippen LogP contribution in [0.4, 0.5) is 0 Å². The zero-order valence-electron chi connectivity index (χ0n) is 9.69. The van der Waals surface area contributed by atoms with Crippen LogP contribution in [0.2, 0.25) is 5.02 Å². The molecule has 0 atom stereocenters. The maximum absolute atomic E-state index is 11.5. The van der Waals surface area contributed by atoms with Crippen LogP contribution in [0.25, 0.3) is 0 Å². The monoisotopic (exact) mass is 291 g/mol. The van der Waals surface area contributed by atoms with E-state index in [1.54, 1.807) is 18.3 Å². The van der Waals surface area contributed by atoms with E-state index in [4.69, 9.17) is 16.3 Å². The van der Waals surface area contributed by atoms with Gasteiger partial charge in [-0.2, -0.15) is 0 Å². The molecule has 5 nitrogen and oxygen atoms in total. The van der Waals surface area contributed by atoms with Crippen LogP contribution in [0, 0.1) is 5.92 Å². The molecule has 1 aliphatic rings. The van der Waals surface area contributed by atoms with Gasteiger partial charge in [0.25, 0.3) is 0 Å². The highest BCUT2D eigenvalue weighted by atomic mass is 35.5. The molecule has 0 aliphatic carbocycles. The summed E-state index contributed by atoms with van der Waals surface area (Å²) in [5, 5.41) is 6.32. The predicted octanol–water partition coefficient (Wildman–Crippen LogP) is 0.871. The molecule has 2 N–H and O–H groups in total. The summed E-state index contributed by atoms with van der Waals surface area (Å²) >= 11 is 5.86. The smallest absolute Gasteiger partial charge is 0.232 e. The van der Waals surface area contributed by atoms with Gasteiger partial charge in [-0.1, -0.05) is 11.6 Å². The number of carbonyl (C=O) groups is 1. The molecule has 2 rings (SSSR count). The van der Waals surface area contributed by atoms with Gasteiger partial charge in [0.2, 0.25) is 11.8 Å². The van der Waals surface area contributed by atoms with E-state index in [0.717, 1.165) is 13.1 Å². The Labute approximate surface area is 117 Å². The Bertz CT molecular complexity index is 400.